The van der Waals surface area contributed by atoms with Crippen molar-refractivity contribution in [2.75, 3.05) is 0 Å². The van der Waals surface area contributed by atoms with Gasteiger partial charge in [0.15, 0.2) is 5.78 Å². The van der Waals surface area contributed by atoms with E-state index in [-0.39, 0.29) is 5.78 Å². The molecule has 0 aromatic carbocycles. The molecule has 0 aliphatic carbocycles. The Morgan fingerprint density at radius 2 is 1.71 bits per heavy atom. The topological polar surface area (TPSA) is 30.0 Å². The first kappa shape index (κ1) is 26.0. The number of hydrogen-bond donors (Lipinski definition) is 0. The third-order valence-electron chi connectivity index (χ3n) is 3.97. The highest BCUT2D eigenvalue weighted by Crippen LogP contribution is 2.24. The zero-order valence-electron chi connectivity index (χ0n) is 18.9. The molecule has 2 rings (SSSR count). The van der Waals surface area contributed by atoms with Crippen LogP contribution in [0, 0.1) is 13.8 Å². The van der Waals surface area contributed by atoms with Crippen LogP contribution in [0.4, 0.5) is 0 Å². The largest absolute Gasteiger partial charge is 0.289 e. The van der Waals surface area contributed by atoms with Gasteiger partial charge in [-0.3, -0.25) is 9.78 Å². The standard InChI is InChI=1S/C18H19NOS.C4H10.C3H8/c1-5-16(17-6-8-19-11-13(17)3)18(20)12(2)10-15-7-9-21-14(15)4;1-3-4-2;1-3-2/h5-11H,1-4H3;3-4H2,1-2H3;3H2,1-2H3/b12-10+,16-5+;;. The minimum Gasteiger partial charge on any atom is -0.289 e. The van der Waals surface area contributed by atoms with Crippen molar-refractivity contribution in [2.24, 2.45) is 0 Å². The second-order valence-corrected chi connectivity index (χ2v) is 7.81. The molecule has 0 radical (unpaired) electrons. The van der Waals surface area contributed by atoms with E-state index >= 15 is 0 Å². The third-order valence-corrected chi connectivity index (χ3v) is 4.83. The molecular weight excluding hydrogens is 362 g/mol. The van der Waals surface area contributed by atoms with Crippen LogP contribution in [0.1, 0.15) is 82.4 Å². The van der Waals surface area contributed by atoms with E-state index in [1.54, 1.807) is 23.7 Å². The molecule has 154 valence electrons. The zero-order chi connectivity index (χ0) is 21.5. The maximum Gasteiger partial charge on any atom is 0.189 e. The number of aryl methyl sites for hydroxylation is 2. The molecule has 0 aliphatic rings. The van der Waals surface area contributed by atoms with Gasteiger partial charge in [0.2, 0.25) is 0 Å². The second-order valence-electron chi connectivity index (χ2n) is 6.69. The number of nitrogens with zero attached hydrogens (tertiary/aromatic N) is 1. The molecule has 0 atom stereocenters. The van der Waals surface area contributed by atoms with Crippen LogP contribution in [0.2, 0.25) is 0 Å². The summed E-state index contributed by atoms with van der Waals surface area (Å²) in [5, 5.41) is 2.04. The molecule has 0 bridgehead atoms. The fourth-order valence-corrected chi connectivity index (χ4v) is 2.92. The Balaban J connectivity index is 0.000000904. The predicted octanol–water partition coefficient (Wildman–Crippen LogP) is 8.06. The lowest BCUT2D eigenvalue weighted by atomic mass is 9.94. The molecule has 2 heterocycles. The number of ketones is 1. The van der Waals surface area contributed by atoms with Gasteiger partial charge in [0.1, 0.15) is 0 Å². The van der Waals surface area contributed by atoms with Crippen molar-refractivity contribution >= 4 is 28.8 Å². The molecule has 0 N–H and O–H groups in total. The molecule has 2 nitrogen and oxygen atoms in total. The van der Waals surface area contributed by atoms with Crippen LogP contribution in [0.25, 0.3) is 11.6 Å². The number of rotatable bonds is 5. The van der Waals surface area contributed by atoms with Crippen molar-refractivity contribution < 1.29 is 4.79 Å². The number of carbonyl (C=O) groups excluding carboxylic acids is 1. The van der Waals surface area contributed by atoms with E-state index in [1.807, 2.05) is 50.4 Å². The fourth-order valence-electron chi connectivity index (χ4n) is 2.24. The molecule has 0 saturated heterocycles. The van der Waals surface area contributed by atoms with Crippen molar-refractivity contribution in [3.63, 3.8) is 0 Å². The van der Waals surface area contributed by atoms with E-state index in [0.29, 0.717) is 0 Å². The molecule has 0 spiro atoms. The molecule has 2 aromatic rings. The number of hydrogen-bond acceptors (Lipinski definition) is 3. The summed E-state index contributed by atoms with van der Waals surface area (Å²) < 4.78 is 0. The zero-order valence-corrected chi connectivity index (χ0v) is 19.7. The van der Waals surface area contributed by atoms with E-state index in [2.05, 4.69) is 39.6 Å². The van der Waals surface area contributed by atoms with Gasteiger partial charge < -0.3 is 0 Å². The first-order valence-electron chi connectivity index (χ1n) is 10.2. The Labute approximate surface area is 176 Å². The Kier molecular flexibility index (Phi) is 13.9. The number of allylic oxidation sites excluding steroid dienone is 3. The summed E-state index contributed by atoms with van der Waals surface area (Å²) in [7, 11) is 0. The molecule has 0 unspecified atom stereocenters. The Bertz CT molecular complexity index is 766. The number of aromatic nitrogens is 1. The number of carbonyl (C=O) groups is 1. The van der Waals surface area contributed by atoms with Gasteiger partial charge in [-0.25, -0.2) is 0 Å². The van der Waals surface area contributed by atoms with Crippen LogP contribution in [-0.4, -0.2) is 10.8 Å². The van der Waals surface area contributed by atoms with E-state index in [4.69, 9.17) is 0 Å². The van der Waals surface area contributed by atoms with E-state index < -0.39 is 0 Å². The molecular formula is C25H37NOS. The predicted molar refractivity (Wildman–Crippen MR) is 127 cm³/mol. The van der Waals surface area contributed by atoms with E-state index in [0.717, 1.165) is 27.8 Å². The summed E-state index contributed by atoms with van der Waals surface area (Å²) in [5.41, 5.74) is 4.57. The highest BCUT2D eigenvalue weighted by atomic mass is 32.1. The molecule has 2 aromatic heterocycles. The van der Waals surface area contributed by atoms with Gasteiger partial charge in [0.05, 0.1) is 0 Å². The normalized spacial score (nSPS) is 11.1. The lowest BCUT2D eigenvalue weighted by Crippen LogP contribution is -2.05. The highest BCUT2D eigenvalue weighted by Gasteiger charge is 2.15. The summed E-state index contributed by atoms with van der Waals surface area (Å²) in [5.74, 6) is 0.0670. The number of Topliss-reactive ketones (excluding diaryl/α,β-unsaturated/α-hetero) is 1. The number of thiophene rings is 1. The van der Waals surface area contributed by atoms with Crippen LogP contribution in [0.5, 0.6) is 0 Å². The molecule has 28 heavy (non-hydrogen) atoms. The highest BCUT2D eigenvalue weighted by molar-refractivity contribution is 7.10. The Morgan fingerprint density at radius 3 is 2.14 bits per heavy atom. The van der Waals surface area contributed by atoms with E-state index in [9.17, 15) is 4.79 Å². The van der Waals surface area contributed by atoms with Crippen LogP contribution in [0.15, 0.2) is 41.6 Å². The van der Waals surface area contributed by atoms with Gasteiger partial charge in [-0.1, -0.05) is 53.0 Å². The lowest BCUT2D eigenvalue weighted by Gasteiger charge is -2.09. The van der Waals surface area contributed by atoms with Crippen LogP contribution in [0.3, 0.4) is 0 Å². The van der Waals surface area contributed by atoms with Crippen LogP contribution >= 0.6 is 11.3 Å². The molecule has 3 heteroatoms. The van der Waals surface area contributed by atoms with Crippen molar-refractivity contribution in [2.45, 2.75) is 74.7 Å². The average Bonchev–Trinajstić information content (AvgIpc) is 3.09. The fraction of sp³-hybridized carbons (Fsp3) is 0.440. The summed E-state index contributed by atoms with van der Waals surface area (Å²) in [6.07, 6.45) is 11.2. The smallest absolute Gasteiger partial charge is 0.189 e. The van der Waals surface area contributed by atoms with E-state index in [1.165, 1.54) is 24.1 Å². The first-order valence-corrected chi connectivity index (χ1v) is 11.1. The first-order chi connectivity index (χ1) is 13.4. The molecule has 0 aliphatic heterocycles. The van der Waals surface area contributed by atoms with Gasteiger partial charge >= 0.3 is 0 Å². The maximum absolute atomic E-state index is 12.7. The summed E-state index contributed by atoms with van der Waals surface area (Å²) in [4.78, 5) is 18.0. The van der Waals surface area contributed by atoms with Crippen LogP contribution < -0.4 is 0 Å². The monoisotopic (exact) mass is 399 g/mol. The maximum atomic E-state index is 12.7. The Morgan fingerprint density at radius 1 is 1.11 bits per heavy atom. The molecule has 0 fully saturated rings. The minimum atomic E-state index is 0.0670. The SMILES string of the molecule is C/C=C(/C(=O)/C(C)=C/c1ccsc1C)c1ccncc1C.CCC.CCCC. The van der Waals surface area contributed by atoms with Crippen LogP contribution in [-0.2, 0) is 4.79 Å². The summed E-state index contributed by atoms with van der Waals surface area (Å²) in [6.45, 7) is 16.4. The summed E-state index contributed by atoms with van der Waals surface area (Å²) >= 11 is 1.69. The van der Waals surface area contributed by atoms with Gasteiger partial charge in [-0.15, -0.1) is 11.3 Å². The van der Waals surface area contributed by atoms with Gasteiger partial charge in [0.25, 0.3) is 0 Å². The van der Waals surface area contributed by atoms with Crippen molar-refractivity contribution in [1.29, 1.82) is 0 Å². The van der Waals surface area contributed by atoms with Crippen molar-refractivity contribution in [1.82, 2.24) is 4.98 Å². The molecule has 0 saturated carbocycles. The average molecular weight is 400 g/mol. The second kappa shape index (κ2) is 15.0. The number of unbranched alkanes of at least 4 members (excludes halogenated alkanes) is 1. The quantitative estimate of drug-likeness (QED) is 0.476. The number of pyridine rings is 1. The minimum absolute atomic E-state index is 0.0670. The van der Waals surface area contributed by atoms with Gasteiger partial charge in [0, 0.05) is 22.8 Å². The van der Waals surface area contributed by atoms with Crippen molar-refractivity contribution in [3.8, 4) is 0 Å². The summed E-state index contributed by atoms with van der Waals surface area (Å²) in [6, 6.07) is 3.94. The lowest BCUT2D eigenvalue weighted by molar-refractivity contribution is -0.110. The molecule has 0 amide bonds. The Hall–Kier alpha value is -2.00. The van der Waals surface area contributed by atoms with Crippen molar-refractivity contribution in [3.05, 3.63) is 63.1 Å². The van der Waals surface area contributed by atoms with Gasteiger partial charge in [-0.2, -0.15) is 0 Å². The van der Waals surface area contributed by atoms with Gasteiger partial charge in [-0.05, 0) is 73.5 Å². The third kappa shape index (κ3) is 8.79.